The van der Waals surface area contributed by atoms with E-state index in [-0.39, 0.29) is 20.4 Å². The average Bonchev–Trinajstić information content (AvgIpc) is 1.76. The van der Waals surface area contributed by atoms with Crippen molar-refractivity contribution >= 4 is 21.6 Å². The van der Waals surface area contributed by atoms with E-state index in [0.29, 0.717) is 0 Å². The number of hydrogen-bond acceptors (Lipinski definition) is 2. The van der Waals surface area contributed by atoms with Crippen LogP contribution in [0.3, 0.4) is 0 Å². The van der Waals surface area contributed by atoms with E-state index in [4.69, 9.17) is 0 Å². The summed E-state index contributed by atoms with van der Waals surface area (Å²) in [6.45, 7) is 0. The first-order chi connectivity index (χ1) is 2.50. The molecule has 0 saturated heterocycles. The third-order valence-electron chi connectivity index (χ3n) is 0.384. The molecule has 0 unspecified atom stereocenters. The molecule has 0 aromatic heterocycles. The maximum absolute atomic E-state index is 2.16. The molecule has 1 rings (SSSR count). The smallest absolute Gasteiger partial charge is 0.0229 e. The van der Waals surface area contributed by atoms with E-state index in [0.717, 1.165) is 0 Å². The molecule has 0 amide bonds. The SMILES string of the molecule is C1=CSSC1.[Re]. The zero-order valence-corrected chi connectivity index (χ0v) is 7.41. The Kier molecular flexibility index (Phi) is 5.05. The van der Waals surface area contributed by atoms with Crippen molar-refractivity contribution < 1.29 is 20.4 Å². The summed E-state index contributed by atoms with van der Waals surface area (Å²) in [5.41, 5.74) is 0. The van der Waals surface area contributed by atoms with Crippen molar-refractivity contribution in [3.8, 4) is 0 Å². The number of hydrogen-bond donors (Lipinski definition) is 0. The van der Waals surface area contributed by atoms with Crippen molar-refractivity contribution in [3.05, 3.63) is 11.5 Å². The molecule has 35 valence electrons. The average molecular weight is 290 g/mol. The molecule has 0 N–H and O–H groups in total. The Morgan fingerprint density at radius 3 is 2.50 bits per heavy atom. The van der Waals surface area contributed by atoms with Gasteiger partial charge in [0.15, 0.2) is 0 Å². The first-order valence-corrected chi connectivity index (χ1v) is 3.81. The third kappa shape index (κ3) is 2.31. The minimum absolute atomic E-state index is 0. The zero-order valence-electron chi connectivity index (χ0n) is 3.06. The van der Waals surface area contributed by atoms with E-state index in [1.807, 2.05) is 21.6 Å². The molecule has 0 bridgehead atoms. The Hall–Kier alpha value is 1.10. The summed E-state index contributed by atoms with van der Waals surface area (Å²) in [6, 6.07) is 0. The molecule has 0 nitrogen and oxygen atoms in total. The van der Waals surface area contributed by atoms with Crippen LogP contribution in [0.2, 0.25) is 0 Å². The van der Waals surface area contributed by atoms with E-state index in [1.165, 1.54) is 5.75 Å². The van der Waals surface area contributed by atoms with Crippen LogP contribution in [-0.4, -0.2) is 5.75 Å². The number of rotatable bonds is 0. The van der Waals surface area contributed by atoms with Gasteiger partial charge >= 0.3 is 0 Å². The maximum atomic E-state index is 2.16. The summed E-state index contributed by atoms with van der Waals surface area (Å²) in [6.07, 6.45) is 2.16. The van der Waals surface area contributed by atoms with E-state index in [2.05, 4.69) is 11.5 Å². The quantitative estimate of drug-likeness (QED) is 0.625. The van der Waals surface area contributed by atoms with Gasteiger partial charge in [0.2, 0.25) is 0 Å². The van der Waals surface area contributed by atoms with Crippen molar-refractivity contribution in [2.45, 2.75) is 0 Å². The summed E-state index contributed by atoms with van der Waals surface area (Å²) in [5, 5.41) is 2.12. The topological polar surface area (TPSA) is 0 Å². The molecule has 1 heterocycles. The molecule has 0 atom stereocenters. The van der Waals surface area contributed by atoms with Gasteiger partial charge in [0, 0.05) is 26.2 Å². The molecule has 1 radical (unpaired) electrons. The van der Waals surface area contributed by atoms with Gasteiger partial charge in [0.1, 0.15) is 0 Å². The van der Waals surface area contributed by atoms with Gasteiger partial charge < -0.3 is 0 Å². The summed E-state index contributed by atoms with van der Waals surface area (Å²) in [5.74, 6) is 1.20. The summed E-state index contributed by atoms with van der Waals surface area (Å²) >= 11 is 0. The summed E-state index contributed by atoms with van der Waals surface area (Å²) in [7, 11) is 3.69. The van der Waals surface area contributed by atoms with E-state index in [9.17, 15) is 0 Å². The first-order valence-electron chi connectivity index (χ1n) is 1.43. The predicted octanol–water partition coefficient (Wildman–Crippen LogP) is 1.89. The second-order valence-electron chi connectivity index (χ2n) is 0.753. The van der Waals surface area contributed by atoms with Gasteiger partial charge in [-0.3, -0.25) is 0 Å². The molecule has 0 aliphatic carbocycles. The minimum atomic E-state index is 0. The van der Waals surface area contributed by atoms with Gasteiger partial charge in [0.25, 0.3) is 0 Å². The fourth-order valence-corrected chi connectivity index (χ4v) is 1.77. The van der Waals surface area contributed by atoms with Gasteiger partial charge in [-0.2, -0.15) is 0 Å². The third-order valence-corrected chi connectivity index (χ3v) is 2.30. The van der Waals surface area contributed by atoms with Gasteiger partial charge in [0.05, 0.1) is 0 Å². The van der Waals surface area contributed by atoms with Gasteiger partial charge in [-0.05, 0) is 5.41 Å². The minimum Gasteiger partial charge on any atom is -0.0854 e. The molecular formula is C3H4ReS2. The van der Waals surface area contributed by atoms with Crippen LogP contribution in [0.15, 0.2) is 11.5 Å². The Morgan fingerprint density at radius 2 is 2.33 bits per heavy atom. The van der Waals surface area contributed by atoms with Crippen molar-refractivity contribution in [2.24, 2.45) is 0 Å². The Balaban J connectivity index is 0.000000250. The monoisotopic (exact) mass is 291 g/mol. The van der Waals surface area contributed by atoms with Crippen LogP contribution >= 0.6 is 21.6 Å². The van der Waals surface area contributed by atoms with Gasteiger partial charge in [-0.1, -0.05) is 27.7 Å². The van der Waals surface area contributed by atoms with E-state index < -0.39 is 0 Å². The molecule has 0 aromatic carbocycles. The fourth-order valence-electron chi connectivity index (χ4n) is 0.196. The molecular weight excluding hydrogens is 286 g/mol. The second-order valence-corrected chi connectivity index (χ2v) is 3.07. The van der Waals surface area contributed by atoms with Crippen LogP contribution in [0, 0.1) is 0 Å². The van der Waals surface area contributed by atoms with Gasteiger partial charge in [-0.15, -0.1) is 0 Å². The molecule has 0 fully saturated rings. The second kappa shape index (κ2) is 4.27. The van der Waals surface area contributed by atoms with E-state index >= 15 is 0 Å². The Morgan fingerprint density at radius 1 is 1.50 bits per heavy atom. The zero-order chi connectivity index (χ0) is 3.54. The fraction of sp³-hybridized carbons (Fsp3) is 0.333. The predicted molar refractivity (Wildman–Crippen MR) is 29.2 cm³/mol. The Bertz CT molecular complexity index is 46.8. The van der Waals surface area contributed by atoms with Crippen LogP contribution in [0.4, 0.5) is 0 Å². The molecule has 0 spiro atoms. The van der Waals surface area contributed by atoms with Crippen LogP contribution in [0.25, 0.3) is 0 Å². The van der Waals surface area contributed by atoms with Crippen molar-refractivity contribution in [1.82, 2.24) is 0 Å². The normalized spacial score (nSPS) is 17.3. The maximum Gasteiger partial charge on any atom is 0.0229 e. The molecule has 0 saturated carbocycles. The molecule has 0 aromatic rings. The van der Waals surface area contributed by atoms with E-state index in [1.54, 1.807) is 0 Å². The Labute approximate surface area is 59.2 Å². The van der Waals surface area contributed by atoms with Crippen LogP contribution in [0.1, 0.15) is 0 Å². The van der Waals surface area contributed by atoms with Crippen molar-refractivity contribution in [3.63, 3.8) is 0 Å². The van der Waals surface area contributed by atoms with Gasteiger partial charge in [-0.25, -0.2) is 0 Å². The molecule has 1 aliphatic rings. The van der Waals surface area contributed by atoms with Crippen LogP contribution in [0.5, 0.6) is 0 Å². The van der Waals surface area contributed by atoms with Crippen LogP contribution in [-0.2, 0) is 20.4 Å². The molecule has 3 heteroatoms. The summed E-state index contributed by atoms with van der Waals surface area (Å²) in [4.78, 5) is 0. The molecule has 6 heavy (non-hydrogen) atoms. The van der Waals surface area contributed by atoms with Crippen molar-refractivity contribution in [2.75, 3.05) is 5.75 Å². The summed E-state index contributed by atoms with van der Waals surface area (Å²) < 4.78 is 0. The molecule has 1 aliphatic heterocycles. The van der Waals surface area contributed by atoms with Crippen molar-refractivity contribution in [1.29, 1.82) is 0 Å². The first kappa shape index (κ1) is 7.10. The van der Waals surface area contributed by atoms with Crippen LogP contribution < -0.4 is 0 Å². The standard InChI is InChI=1S/C3H4S2.Re/c1-2-4-5-3-1;/h1-2H,3H2;. The largest absolute Gasteiger partial charge is 0.0854 e.